The molecule has 1 aromatic carbocycles. The Labute approximate surface area is 115 Å². The summed E-state index contributed by atoms with van der Waals surface area (Å²) in [5, 5.41) is 3.61. The maximum atomic E-state index is 12.8. The zero-order valence-electron chi connectivity index (χ0n) is 11.4. The fourth-order valence-electron chi connectivity index (χ4n) is 3.97. The maximum absolute atomic E-state index is 12.8. The Morgan fingerprint density at radius 2 is 2.16 bits per heavy atom. The summed E-state index contributed by atoms with van der Waals surface area (Å²) < 4.78 is 21.1. The minimum Gasteiger partial charge on any atom is -0.310 e. The summed E-state index contributed by atoms with van der Waals surface area (Å²) in [6, 6.07) is 9.31. The zero-order valence-corrected chi connectivity index (χ0v) is 12.2. The lowest BCUT2D eigenvalue weighted by Gasteiger charge is -2.31. The largest absolute Gasteiger partial charge is 0.310 e. The minimum atomic E-state index is -2.69. The minimum absolute atomic E-state index is 0.0475. The van der Waals surface area contributed by atoms with E-state index in [1.165, 1.54) is 12.8 Å². The van der Waals surface area contributed by atoms with Crippen molar-refractivity contribution in [2.45, 2.75) is 36.6 Å². The lowest BCUT2D eigenvalue weighted by molar-refractivity contribution is 0.325. The molecule has 1 aliphatic heterocycles. The highest BCUT2D eigenvalue weighted by Crippen LogP contribution is 2.45. The van der Waals surface area contributed by atoms with E-state index >= 15 is 0 Å². The van der Waals surface area contributed by atoms with Crippen molar-refractivity contribution in [3.8, 4) is 0 Å². The van der Waals surface area contributed by atoms with E-state index < -0.39 is 9.73 Å². The number of hydrogen-bond donors (Lipinski definition) is 2. The summed E-state index contributed by atoms with van der Waals surface area (Å²) in [5.41, 5.74) is -0.0475. The third kappa shape index (κ3) is 2.21. The number of rotatable bonds is 3. The van der Waals surface area contributed by atoms with E-state index in [1.807, 2.05) is 30.3 Å². The summed E-state index contributed by atoms with van der Waals surface area (Å²) in [7, 11) is -2.69. The van der Waals surface area contributed by atoms with E-state index in [0.717, 1.165) is 13.0 Å². The average molecular weight is 278 g/mol. The van der Waals surface area contributed by atoms with E-state index in [1.54, 1.807) is 0 Å². The molecule has 19 heavy (non-hydrogen) atoms. The molecule has 1 aromatic rings. The van der Waals surface area contributed by atoms with Crippen LogP contribution in [0.4, 0.5) is 0 Å². The number of fused-ring (bicyclic) bond motifs is 1. The van der Waals surface area contributed by atoms with E-state index in [0.29, 0.717) is 22.5 Å². The molecule has 1 saturated carbocycles. The molecule has 3 nitrogen and oxygen atoms in total. The molecular formula is C15H22N2OS. The van der Waals surface area contributed by atoms with Gasteiger partial charge in [-0.15, -0.1) is 0 Å². The molecule has 0 amide bonds. The van der Waals surface area contributed by atoms with E-state index in [-0.39, 0.29) is 5.54 Å². The predicted molar refractivity (Wildman–Crippen MR) is 77.7 cm³/mol. The summed E-state index contributed by atoms with van der Waals surface area (Å²) in [5.74, 6) is 1.72. The third-order valence-electron chi connectivity index (χ3n) is 4.90. The van der Waals surface area contributed by atoms with Gasteiger partial charge in [0.05, 0.1) is 15.5 Å². The van der Waals surface area contributed by atoms with Crippen molar-refractivity contribution in [1.82, 2.24) is 5.32 Å². The van der Waals surface area contributed by atoms with Crippen LogP contribution in [0.15, 0.2) is 35.2 Å². The Hall–Kier alpha value is -0.870. The van der Waals surface area contributed by atoms with Crippen LogP contribution in [0.1, 0.15) is 26.2 Å². The topological polar surface area (TPSA) is 53.0 Å². The van der Waals surface area contributed by atoms with Crippen molar-refractivity contribution < 1.29 is 4.21 Å². The molecule has 0 radical (unpaired) electrons. The molecule has 4 unspecified atom stereocenters. The fraction of sp³-hybridized carbons (Fsp3) is 0.600. The monoisotopic (exact) mass is 278 g/mol. The van der Waals surface area contributed by atoms with E-state index in [9.17, 15) is 4.21 Å². The summed E-state index contributed by atoms with van der Waals surface area (Å²) in [6.07, 6.45) is 3.50. The zero-order chi connectivity index (χ0) is 13.5. The molecule has 2 aliphatic rings. The van der Waals surface area contributed by atoms with Crippen LogP contribution < -0.4 is 5.32 Å². The highest BCUT2D eigenvalue weighted by atomic mass is 32.2. The van der Waals surface area contributed by atoms with Gasteiger partial charge >= 0.3 is 0 Å². The average Bonchev–Trinajstić information content (AvgIpc) is 2.91. The van der Waals surface area contributed by atoms with Gasteiger partial charge in [0.25, 0.3) is 0 Å². The SMILES string of the molecule is CC1CNC2(CS(=N)(=O)c3ccccc3)CCCC12. The molecule has 1 saturated heterocycles. The van der Waals surface area contributed by atoms with Gasteiger partial charge in [-0.2, -0.15) is 0 Å². The highest BCUT2D eigenvalue weighted by molar-refractivity contribution is 7.92. The number of hydrogen-bond acceptors (Lipinski definition) is 3. The Kier molecular flexibility index (Phi) is 3.18. The second-order valence-electron chi connectivity index (χ2n) is 6.15. The highest BCUT2D eigenvalue weighted by Gasteiger charge is 2.50. The maximum Gasteiger partial charge on any atom is 0.0744 e. The van der Waals surface area contributed by atoms with Crippen LogP contribution in [-0.4, -0.2) is 22.0 Å². The Morgan fingerprint density at radius 1 is 1.42 bits per heavy atom. The first-order valence-corrected chi connectivity index (χ1v) is 8.83. The molecule has 0 spiro atoms. The van der Waals surface area contributed by atoms with Gasteiger partial charge in [0.1, 0.15) is 0 Å². The van der Waals surface area contributed by atoms with Crippen molar-refractivity contribution in [3.05, 3.63) is 30.3 Å². The molecular weight excluding hydrogens is 256 g/mol. The normalized spacial score (nSPS) is 36.9. The standard InChI is InChI=1S/C15H22N2OS/c1-12-10-17-15(9-5-8-14(12)15)11-19(16,18)13-6-3-2-4-7-13/h2-4,6-7,12,14,16-17H,5,8-11H2,1H3. The van der Waals surface area contributed by atoms with Gasteiger partial charge in [-0.25, -0.2) is 8.99 Å². The first kappa shape index (κ1) is 13.1. The quantitative estimate of drug-likeness (QED) is 0.893. The molecule has 3 rings (SSSR count). The van der Waals surface area contributed by atoms with Crippen LogP contribution in [0.5, 0.6) is 0 Å². The van der Waals surface area contributed by atoms with Crippen LogP contribution in [0.3, 0.4) is 0 Å². The molecule has 1 heterocycles. The predicted octanol–water partition coefficient (Wildman–Crippen LogP) is 2.87. The lowest BCUT2D eigenvalue weighted by Crippen LogP contribution is -2.47. The Morgan fingerprint density at radius 3 is 2.89 bits per heavy atom. The van der Waals surface area contributed by atoms with Crippen LogP contribution in [0.2, 0.25) is 0 Å². The van der Waals surface area contributed by atoms with Crippen LogP contribution >= 0.6 is 0 Å². The van der Waals surface area contributed by atoms with Crippen molar-refractivity contribution in [3.63, 3.8) is 0 Å². The first-order chi connectivity index (χ1) is 9.04. The van der Waals surface area contributed by atoms with Crippen LogP contribution in [0, 0.1) is 16.6 Å². The molecule has 2 fully saturated rings. The molecule has 4 heteroatoms. The second-order valence-corrected chi connectivity index (χ2v) is 8.26. The van der Waals surface area contributed by atoms with Gasteiger partial charge in [0.15, 0.2) is 0 Å². The molecule has 4 atom stereocenters. The Balaban J connectivity index is 1.89. The van der Waals surface area contributed by atoms with Crippen LogP contribution in [0.25, 0.3) is 0 Å². The Bertz CT molecular complexity index is 555. The van der Waals surface area contributed by atoms with Gasteiger partial charge < -0.3 is 5.32 Å². The fourth-order valence-corrected chi connectivity index (χ4v) is 5.92. The summed E-state index contributed by atoms with van der Waals surface area (Å²) in [4.78, 5) is 0.677. The molecule has 104 valence electrons. The van der Waals surface area contributed by atoms with E-state index in [2.05, 4.69) is 12.2 Å². The van der Waals surface area contributed by atoms with E-state index in [4.69, 9.17) is 4.78 Å². The van der Waals surface area contributed by atoms with Gasteiger partial charge in [-0.05, 0) is 43.4 Å². The van der Waals surface area contributed by atoms with Gasteiger partial charge in [0.2, 0.25) is 0 Å². The second kappa shape index (κ2) is 4.60. The lowest BCUT2D eigenvalue weighted by atomic mass is 9.85. The summed E-state index contributed by atoms with van der Waals surface area (Å²) >= 11 is 0. The van der Waals surface area contributed by atoms with Crippen LogP contribution in [-0.2, 0) is 9.73 Å². The first-order valence-electron chi connectivity index (χ1n) is 7.10. The molecule has 0 aromatic heterocycles. The summed E-state index contributed by atoms with van der Waals surface area (Å²) in [6.45, 7) is 3.29. The van der Waals surface area contributed by atoms with Crippen molar-refractivity contribution in [1.29, 1.82) is 4.78 Å². The van der Waals surface area contributed by atoms with Crippen molar-refractivity contribution in [2.24, 2.45) is 11.8 Å². The number of nitrogens with one attached hydrogen (secondary N) is 2. The van der Waals surface area contributed by atoms with Crippen molar-refractivity contribution >= 4 is 9.73 Å². The van der Waals surface area contributed by atoms with Crippen molar-refractivity contribution in [2.75, 3.05) is 12.3 Å². The molecule has 1 aliphatic carbocycles. The third-order valence-corrected chi connectivity index (χ3v) is 6.85. The van der Waals surface area contributed by atoms with Gasteiger partial charge in [0, 0.05) is 10.4 Å². The molecule has 2 N–H and O–H groups in total. The smallest absolute Gasteiger partial charge is 0.0744 e. The van der Waals surface area contributed by atoms with Gasteiger partial charge in [-0.1, -0.05) is 31.5 Å². The van der Waals surface area contributed by atoms with Gasteiger partial charge in [-0.3, -0.25) is 0 Å². The molecule has 0 bridgehead atoms. The number of benzene rings is 1.